The molecule has 0 bridgehead atoms. The van der Waals surface area contributed by atoms with Gasteiger partial charge in [0.2, 0.25) is 5.78 Å². The van der Waals surface area contributed by atoms with E-state index in [1.165, 1.54) is 24.2 Å². The lowest BCUT2D eigenvalue weighted by atomic mass is 10.0. The van der Waals surface area contributed by atoms with E-state index in [0.717, 1.165) is 6.54 Å². The molecule has 2 aliphatic rings. The molecular formula is C24H28NO5+. The van der Waals surface area contributed by atoms with E-state index in [9.17, 15) is 9.90 Å². The third-order valence-corrected chi connectivity index (χ3v) is 6.12. The summed E-state index contributed by atoms with van der Waals surface area (Å²) in [5.41, 5.74) is 1.87. The number of phenolic OH excluding ortho intramolecular Hbond substituents is 1. The Labute approximate surface area is 176 Å². The van der Waals surface area contributed by atoms with Crippen molar-refractivity contribution in [2.75, 3.05) is 20.8 Å². The topological polar surface area (TPSA) is 69.4 Å². The Bertz CT molecular complexity index is 997. The second-order valence-corrected chi connectivity index (χ2v) is 7.94. The number of nitrogens with one attached hydrogen (secondary N) is 1. The summed E-state index contributed by atoms with van der Waals surface area (Å²) in [6.07, 6.45) is 5.26. The van der Waals surface area contributed by atoms with Crippen molar-refractivity contribution >= 4 is 11.9 Å². The van der Waals surface area contributed by atoms with Gasteiger partial charge in [0.25, 0.3) is 0 Å². The first-order chi connectivity index (χ1) is 14.5. The Balaban J connectivity index is 1.69. The number of hydrogen-bond acceptors (Lipinski definition) is 5. The first kappa shape index (κ1) is 20.3. The van der Waals surface area contributed by atoms with Gasteiger partial charge in [-0.05, 0) is 50.5 Å². The lowest BCUT2D eigenvalue weighted by Crippen LogP contribution is -3.14. The highest BCUT2D eigenvalue weighted by atomic mass is 16.5. The molecule has 158 valence electrons. The largest absolute Gasteiger partial charge is 0.507 e. The van der Waals surface area contributed by atoms with E-state index in [-0.39, 0.29) is 17.3 Å². The molecule has 2 aliphatic heterocycles. The number of hydrogen-bond donors (Lipinski definition) is 2. The highest BCUT2D eigenvalue weighted by molar-refractivity contribution is 6.15. The molecule has 2 aromatic rings. The Hall–Kier alpha value is -2.99. The van der Waals surface area contributed by atoms with Crippen LogP contribution in [0.25, 0.3) is 6.08 Å². The maximum absolute atomic E-state index is 13.0. The van der Waals surface area contributed by atoms with E-state index in [1.54, 1.807) is 38.5 Å². The number of ether oxygens (including phenoxy) is 3. The summed E-state index contributed by atoms with van der Waals surface area (Å²) >= 11 is 0. The van der Waals surface area contributed by atoms with E-state index in [2.05, 4.69) is 6.92 Å². The molecule has 0 saturated carbocycles. The highest BCUT2D eigenvalue weighted by Gasteiger charge is 2.34. The van der Waals surface area contributed by atoms with Gasteiger partial charge < -0.3 is 24.2 Å². The van der Waals surface area contributed by atoms with Crippen LogP contribution in [-0.4, -0.2) is 37.7 Å². The van der Waals surface area contributed by atoms with Gasteiger partial charge in [-0.1, -0.05) is 12.1 Å². The molecule has 2 atom stereocenters. The van der Waals surface area contributed by atoms with Crippen LogP contribution in [0.1, 0.15) is 47.7 Å². The first-order valence-corrected chi connectivity index (χ1v) is 10.4. The molecule has 4 rings (SSSR count). The lowest BCUT2D eigenvalue weighted by molar-refractivity contribution is -0.941. The first-order valence-electron chi connectivity index (χ1n) is 10.4. The number of para-hydroxylation sites is 1. The smallest absolute Gasteiger partial charge is 0.231 e. The van der Waals surface area contributed by atoms with E-state index >= 15 is 0 Å². The summed E-state index contributed by atoms with van der Waals surface area (Å²) in [6.45, 7) is 3.93. The fraction of sp³-hybridized carbons (Fsp3) is 0.375. The van der Waals surface area contributed by atoms with E-state index < -0.39 is 0 Å². The van der Waals surface area contributed by atoms with Crippen LogP contribution in [0.4, 0.5) is 0 Å². The molecule has 2 aromatic carbocycles. The molecule has 0 spiro atoms. The zero-order valence-corrected chi connectivity index (χ0v) is 17.7. The molecule has 2 heterocycles. The van der Waals surface area contributed by atoms with E-state index in [1.807, 2.05) is 12.1 Å². The predicted molar refractivity (Wildman–Crippen MR) is 113 cm³/mol. The van der Waals surface area contributed by atoms with Crippen molar-refractivity contribution in [2.45, 2.75) is 38.8 Å². The van der Waals surface area contributed by atoms with Gasteiger partial charge in [0.1, 0.15) is 12.3 Å². The number of fused-ring (bicyclic) bond motifs is 1. The van der Waals surface area contributed by atoms with E-state index in [0.29, 0.717) is 46.5 Å². The minimum absolute atomic E-state index is 0.173. The fourth-order valence-corrected chi connectivity index (χ4v) is 4.38. The summed E-state index contributed by atoms with van der Waals surface area (Å²) < 4.78 is 16.8. The second kappa shape index (κ2) is 8.40. The normalized spacial score (nSPS) is 22.0. The Morgan fingerprint density at radius 1 is 1.20 bits per heavy atom. The number of benzene rings is 2. The molecule has 0 amide bonds. The number of carbonyl (C=O) groups excluding carboxylic acids is 1. The van der Waals surface area contributed by atoms with Gasteiger partial charge in [-0.2, -0.15) is 0 Å². The summed E-state index contributed by atoms with van der Waals surface area (Å²) in [7, 11) is 3.13. The molecule has 2 N–H and O–H groups in total. The Kier molecular flexibility index (Phi) is 5.68. The van der Waals surface area contributed by atoms with E-state index in [4.69, 9.17) is 14.2 Å². The van der Waals surface area contributed by atoms with Gasteiger partial charge in [-0.25, -0.2) is 0 Å². The maximum Gasteiger partial charge on any atom is 0.231 e. The van der Waals surface area contributed by atoms with Crippen molar-refractivity contribution in [1.29, 1.82) is 0 Å². The van der Waals surface area contributed by atoms with Crippen LogP contribution in [-0.2, 0) is 6.54 Å². The van der Waals surface area contributed by atoms with Gasteiger partial charge in [0, 0.05) is 5.56 Å². The molecular weight excluding hydrogens is 382 g/mol. The maximum atomic E-state index is 13.0. The molecule has 1 fully saturated rings. The molecule has 6 nitrogen and oxygen atoms in total. The number of piperidine rings is 1. The predicted octanol–water partition coefficient (Wildman–Crippen LogP) is 2.98. The Morgan fingerprint density at radius 3 is 2.77 bits per heavy atom. The number of ketones is 1. The summed E-state index contributed by atoms with van der Waals surface area (Å²) in [4.78, 5) is 14.4. The van der Waals surface area contributed by atoms with Crippen LogP contribution in [0.5, 0.6) is 23.0 Å². The number of phenols is 1. The van der Waals surface area contributed by atoms with Crippen LogP contribution >= 0.6 is 0 Å². The number of allylic oxidation sites excluding steroid dienone is 1. The monoisotopic (exact) mass is 410 g/mol. The molecule has 1 unspecified atom stereocenters. The lowest BCUT2D eigenvalue weighted by Gasteiger charge is -2.30. The molecule has 1 saturated heterocycles. The van der Waals surface area contributed by atoms with Gasteiger partial charge in [0.15, 0.2) is 23.0 Å². The van der Waals surface area contributed by atoms with Crippen molar-refractivity contribution in [3.8, 4) is 23.0 Å². The summed E-state index contributed by atoms with van der Waals surface area (Å²) in [5.74, 6) is 1.78. The van der Waals surface area contributed by atoms with Gasteiger partial charge in [-0.3, -0.25) is 4.79 Å². The molecule has 6 heteroatoms. The van der Waals surface area contributed by atoms with Crippen LogP contribution < -0.4 is 19.1 Å². The third-order valence-electron chi connectivity index (χ3n) is 6.12. The number of Topliss-reactive ketones (excluding diaryl/α,β-unsaturated/α-hetero) is 1. The molecule has 30 heavy (non-hydrogen) atoms. The van der Waals surface area contributed by atoms with Gasteiger partial charge in [-0.15, -0.1) is 0 Å². The van der Waals surface area contributed by atoms with Crippen LogP contribution in [0, 0.1) is 0 Å². The number of carbonyl (C=O) groups is 1. The average molecular weight is 410 g/mol. The SMILES string of the molecule is COc1cccc(/C=C2\Oc3c(ccc(O)c3C[NH+]3CCCC[C@@H]3C)C2=O)c1OC. The number of quaternary nitrogens is 1. The standard InChI is InChI=1S/C24H27NO5/c1-15-7-4-5-12-25(15)14-18-19(26)11-10-17-22(27)21(30-24(17)18)13-16-8-6-9-20(28-2)23(16)29-3/h6,8-11,13,15,26H,4-5,7,12,14H2,1-3H3/p+1/b21-13-/t15-/m0/s1. The molecule has 0 aromatic heterocycles. The number of rotatable bonds is 5. The van der Waals surface area contributed by atoms with Gasteiger partial charge >= 0.3 is 0 Å². The Morgan fingerprint density at radius 2 is 2.03 bits per heavy atom. The zero-order chi connectivity index (χ0) is 21.3. The third kappa shape index (κ3) is 3.63. The minimum Gasteiger partial charge on any atom is -0.507 e. The number of methoxy groups -OCH3 is 2. The van der Waals surface area contributed by atoms with Crippen molar-refractivity contribution in [3.63, 3.8) is 0 Å². The number of aromatic hydroxyl groups is 1. The summed E-state index contributed by atoms with van der Waals surface area (Å²) in [6, 6.07) is 9.21. The average Bonchev–Trinajstić information content (AvgIpc) is 3.06. The van der Waals surface area contributed by atoms with Crippen molar-refractivity contribution in [2.24, 2.45) is 0 Å². The summed E-state index contributed by atoms with van der Waals surface area (Å²) in [5, 5.41) is 10.5. The van der Waals surface area contributed by atoms with Crippen LogP contribution in [0.3, 0.4) is 0 Å². The number of likely N-dealkylation sites (tertiary alicyclic amines) is 1. The van der Waals surface area contributed by atoms with Crippen molar-refractivity contribution in [3.05, 3.63) is 52.8 Å². The van der Waals surface area contributed by atoms with Crippen LogP contribution in [0.15, 0.2) is 36.1 Å². The second-order valence-electron chi connectivity index (χ2n) is 7.94. The highest BCUT2D eigenvalue weighted by Crippen LogP contribution is 2.40. The van der Waals surface area contributed by atoms with Crippen molar-refractivity contribution in [1.82, 2.24) is 0 Å². The minimum atomic E-state index is -0.196. The molecule has 0 radical (unpaired) electrons. The quantitative estimate of drug-likeness (QED) is 0.742. The van der Waals surface area contributed by atoms with Gasteiger partial charge in [0.05, 0.1) is 37.9 Å². The van der Waals surface area contributed by atoms with Crippen molar-refractivity contribution < 1.29 is 29.0 Å². The molecule has 0 aliphatic carbocycles. The zero-order valence-electron chi connectivity index (χ0n) is 17.7. The fourth-order valence-electron chi connectivity index (χ4n) is 4.38. The van der Waals surface area contributed by atoms with Crippen LogP contribution in [0.2, 0.25) is 0 Å².